The second-order valence-electron chi connectivity index (χ2n) is 6.38. The van der Waals surface area contributed by atoms with Crippen molar-refractivity contribution >= 4 is 22.8 Å². The lowest BCUT2D eigenvalue weighted by Crippen LogP contribution is -2.45. The van der Waals surface area contributed by atoms with E-state index in [9.17, 15) is 4.79 Å². The first-order valence-corrected chi connectivity index (χ1v) is 8.73. The summed E-state index contributed by atoms with van der Waals surface area (Å²) in [4.78, 5) is 26.2. The minimum Gasteiger partial charge on any atom is -0.495 e. The number of aromatic amines is 1. The number of nitrogens with zero attached hydrogens (tertiary/aromatic N) is 3. The molecule has 7 heteroatoms. The van der Waals surface area contributed by atoms with Gasteiger partial charge in [0, 0.05) is 19.1 Å². The fourth-order valence-electron chi connectivity index (χ4n) is 3.36. The molecule has 1 aromatic carbocycles. The van der Waals surface area contributed by atoms with Crippen LogP contribution < -0.4 is 15.0 Å². The van der Waals surface area contributed by atoms with Gasteiger partial charge in [0.25, 0.3) is 5.91 Å². The van der Waals surface area contributed by atoms with Gasteiger partial charge in [-0.05, 0) is 37.1 Å². The molecule has 2 N–H and O–H groups in total. The Balaban J connectivity index is 1.38. The molecule has 1 fully saturated rings. The molecule has 1 aliphatic heterocycles. The molecule has 7 nitrogen and oxygen atoms in total. The van der Waals surface area contributed by atoms with Gasteiger partial charge in [-0.3, -0.25) is 4.79 Å². The number of pyridine rings is 1. The maximum Gasteiger partial charge on any atom is 0.270 e. The molecule has 0 saturated carbocycles. The number of aromatic nitrogens is 3. The van der Waals surface area contributed by atoms with Crippen LogP contribution in [0.2, 0.25) is 0 Å². The molecule has 3 heterocycles. The van der Waals surface area contributed by atoms with Crippen molar-refractivity contribution in [2.45, 2.75) is 18.9 Å². The van der Waals surface area contributed by atoms with Crippen LogP contribution in [0.3, 0.4) is 0 Å². The summed E-state index contributed by atoms with van der Waals surface area (Å²) in [7, 11) is 1.69. The normalized spacial score (nSPS) is 15.2. The number of rotatable bonds is 4. The predicted molar refractivity (Wildman–Crippen MR) is 99.6 cm³/mol. The highest BCUT2D eigenvalue weighted by molar-refractivity contribution is 5.94. The van der Waals surface area contributed by atoms with E-state index in [0.29, 0.717) is 11.3 Å². The van der Waals surface area contributed by atoms with E-state index in [2.05, 4.69) is 31.2 Å². The van der Waals surface area contributed by atoms with Crippen LogP contribution in [0.15, 0.2) is 42.7 Å². The molecule has 26 heavy (non-hydrogen) atoms. The highest BCUT2D eigenvalue weighted by Crippen LogP contribution is 2.29. The van der Waals surface area contributed by atoms with Crippen LogP contribution in [0.4, 0.5) is 5.69 Å². The van der Waals surface area contributed by atoms with Gasteiger partial charge in [0.1, 0.15) is 11.4 Å². The van der Waals surface area contributed by atoms with Crippen molar-refractivity contribution in [3.63, 3.8) is 0 Å². The molecule has 0 aliphatic carbocycles. The van der Waals surface area contributed by atoms with Crippen LogP contribution in [0, 0.1) is 0 Å². The Morgan fingerprint density at radius 1 is 1.23 bits per heavy atom. The van der Waals surface area contributed by atoms with Crippen molar-refractivity contribution in [2.24, 2.45) is 0 Å². The number of piperidine rings is 1. The number of methoxy groups -OCH3 is 1. The Kier molecular flexibility index (Phi) is 4.43. The quantitative estimate of drug-likeness (QED) is 0.754. The summed E-state index contributed by atoms with van der Waals surface area (Å²) in [6.45, 7) is 1.74. The largest absolute Gasteiger partial charge is 0.495 e. The smallest absolute Gasteiger partial charge is 0.270 e. The molecular weight excluding hydrogens is 330 g/mol. The molecule has 0 bridgehead atoms. The maximum absolute atomic E-state index is 12.5. The van der Waals surface area contributed by atoms with E-state index in [0.717, 1.165) is 42.9 Å². The minimum absolute atomic E-state index is 0.144. The molecule has 1 saturated heterocycles. The molecule has 0 spiro atoms. The number of carbonyl (C=O) groups is 1. The van der Waals surface area contributed by atoms with Crippen molar-refractivity contribution in [3.8, 4) is 5.75 Å². The molecule has 2 aromatic heterocycles. The number of para-hydroxylation sites is 2. The van der Waals surface area contributed by atoms with Gasteiger partial charge in [0.15, 0.2) is 5.65 Å². The van der Waals surface area contributed by atoms with Gasteiger partial charge >= 0.3 is 0 Å². The summed E-state index contributed by atoms with van der Waals surface area (Å²) in [5.74, 6) is 0.733. The van der Waals surface area contributed by atoms with E-state index in [1.807, 2.05) is 24.3 Å². The van der Waals surface area contributed by atoms with E-state index in [-0.39, 0.29) is 11.9 Å². The highest BCUT2D eigenvalue weighted by atomic mass is 16.5. The Morgan fingerprint density at radius 2 is 2.04 bits per heavy atom. The summed E-state index contributed by atoms with van der Waals surface area (Å²) in [6, 6.07) is 11.7. The highest BCUT2D eigenvalue weighted by Gasteiger charge is 2.23. The molecule has 0 unspecified atom stereocenters. The van der Waals surface area contributed by atoms with Gasteiger partial charge < -0.3 is 19.9 Å². The molecule has 4 rings (SSSR count). The second kappa shape index (κ2) is 7.03. The fraction of sp³-hybridized carbons (Fsp3) is 0.316. The first kappa shape index (κ1) is 16.4. The standard InChI is InChI=1S/C19H21N5O2/c1-26-17-5-3-2-4-16(17)24-10-8-13(9-11-24)22-19(25)15-7-6-14-18(23-15)21-12-20-14/h2-7,12-13H,8-11H2,1H3,(H,22,25)(H,20,21,23). The van der Waals surface area contributed by atoms with Crippen molar-refractivity contribution in [2.75, 3.05) is 25.1 Å². The number of imidazole rings is 1. The lowest BCUT2D eigenvalue weighted by atomic mass is 10.0. The third-order valence-corrected chi connectivity index (χ3v) is 4.77. The molecule has 1 amide bonds. The average Bonchev–Trinajstić information content (AvgIpc) is 3.16. The number of anilines is 1. The molecule has 0 atom stereocenters. The molecule has 134 valence electrons. The minimum atomic E-state index is -0.148. The zero-order valence-electron chi connectivity index (χ0n) is 14.6. The van der Waals surface area contributed by atoms with E-state index in [4.69, 9.17) is 4.74 Å². The van der Waals surface area contributed by atoms with Crippen LogP contribution in [-0.2, 0) is 0 Å². The third kappa shape index (κ3) is 3.20. The number of H-pyrrole nitrogens is 1. The number of amides is 1. The number of carbonyl (C=O) groups excluding carboxylic acids is 1. The zero-order valence-corrected chi connectivity index (χ0v) is 14.6. The summed E-state index contributed by atoms with van der Waals surface area (Å²) < 4.78 is 5.45. The lowest BCUT2D eigenvalue weighted by molar-refractivity contribution is 0.0926. The summed E-state index contributed by atoms with van der Waals surface area (Å²) in [5.41, 5.74) is 2.89. The number of fused-ring (bicyclic) bond motifs is 1. The van der Waals surface area contributed by atoms with Crippen LogP contribution in [0.5, 0.6) is 5.75 Å². The first-order chi connectivity index (χ1) is 12.7. The number of benzene rings is 1. The Bertz CT molecular complexity index is 915. The second-order valence-corrected chi connectivity index (χ2v) is 6.38. The van der Waals surface area contributed by atoms with Gasteiger partial charge in [-0.2, -0.15) is 0 Å². The Hall–Kier alpha value is -3.09. The van der Waals surface area contributed by atoms with Crippen molar-refractivity contribution in [1.29, 1.82) is 0 Å². The third-order valence-electron chi connectivity index (χ3n) is 4.77. The van der Waals surface area contributed by atoms with Crippen molar-refractivity contribution in [1.82, 2.24) is 20.3 Å². The van der Waals surface area contributed by atoms with Crippen LogP contribution >= 0.6 is 0 Å². The van der Waals surface area contributed by atoms with E-state index < -0.39 is 0 Å². The SMILES string of the molecule is COc1ccccc1N1CCC(NC(=O)c2ccc3[nH]cnc3n2)CC1. The monoisotopic (exact) mass is 351 g/mol. The lowest BCUT2D eigenvalue weighted by Gasteiger charge is -2.34. The number of ether oxygens (including phenoxy) is 1. The maximum atomic E-state index is 12.5. The molecule has 1 aliphatic rings. The van der Waals surface area contributed by atoms with Crippen molar-refractivity contribution in [3.05, 3.63) is 48.4 Å². The number of hydrogen-bond acceptors (Lipinski definition) is 5. The van der Waals surface area contributed by atoms with E-state index in [1.165, 1.54) is 0 Å². The van der Waals surface area contributed by atoms with Gasteiger partial charge in [0.2, 0.25) is 0 Å². The van der Waals surface area contributed by atoms with Crippen molar-refractivity contribution < 1.29 is 9.53 Å². The van der Waals surface area contributed by atoms with Gasteiger partial charge in [0.05, 0.1) is 24.6 Å². The summed E-state index contributed by atoms with van der Waals surface area (Å²) in [5, 5.41) is 3.10. The number of nitrogens with one attached hydrogen (secondary N) is 2. The Labute approximate surface area is 151 Å². The topological polar surface area (TPSA) is 83.1 Å². The molecule has 0 radical (unpaired) electrons. The van der Waals surface area contributed by atoms with Gasteiger partial charge in [-0.1, -0.05) is 12.1 Å². The van der Waals surface area contributed by atoms with E-state index >= 15 is 0 Å². The fourth-order valence-corrected chi connectivity index (χ4v) is 3.36. The summed E-state index contributed by atoms with van der Waals surface area (Å²) in [6.07, 6.45) is 3.34. The average molecular weight is 351 g/mol. The van der Waals surface area contributed by atoms with E-state index in [1.54, 1.807) is 19.5 Å². The van der Waals surface area contributed by atoms with Crippen LogP contribution in [-0.4, -0.2) is 47.1 Å². The van der Waals surface area contributed by atoms with Crippen LogP contribution in [0.25, 0.3) is 11.2 Å². The Morgan fingerprint density at radius 3 is 2.85 bits per heavy atom. The molecule has 3 aromatic rings. The predicted octanol–water partition coefficient (Wildman–Crippen LogP) is 2.37. The zero-order chi connectivity index (χ0) is 17.9. The summed E-state index contributed by atoms with van der Waals surface area (Å²) >= 11 is 0. The van der Waals surface area contributed by atoms with Gasteiger partial charge in [-0.15, -0.1) is 0 Å². The molecular formula is C19H21N5O2. The number of hydrogen-bond donors (Lipinski definition) is 2. The van der Waals surface area contributed by atoms with Crippen LogP contribution in [0.1, 0.15) is 23.3 Å². The van der Waals surface area contributed by atoms with Gasteiger partial charge in [-0.25, -0.2) is 9.97 Å². The first-order valence-electron chi connectivity index (χ1n) is 8.73.